The van der Waals surface area contributed by atoms with Gasteiger partial charge in [0.25, 0.3) is 0 Å². The van der Waals surface area contributed by atoms with Crippen LogP contribution >= 0.6 is 0 Å². The van der Waals surface area contributed by atoms with Gasteiger partial charge in [-0.25, -0.2) is 0 Å². The quantitative estimate of drug-likeness (QED) is 0.156. The summed E-state index contributed by atoms with van der Waals surface area (Å²) in [6.07, 6.45) is 0. The minimum Gasteiger partial charge on any atom is -0.454 e. The van der Waals surface area contributed by atoms with Crippen LogP contribution in [0.2, 0.25) is 0 Å². The van der Waals surface area contributed by atoms with Gasteiger partial charge in [0.15, 0.2) is 11.2 Å². The zero-order chi connectivity index (χ0) is 47.0. The Labute approximate surface area is 409 Å². The summed E-state index contributed by atoms with van der Waals surface area (Å²) in [5.41, 5.74) is 14.6. The largest absolute Gasteiger partial charge is 0.454 e. The fourth-order valence-corrected chi connectivity index (χ4v) is 11.9. The van der Waals surface area contributed by atoms with Crippen molar-refractivity contribution in [1.82, 2.24) is 0 Å². The first-order valence-electron chi connectivity index (χ1n) is 24.5. The lowest BCUT2D eigenvalue weighted by molar-refractivity contribution is 0.645. The number of furan rings is 2. The third kappa shape index (κ3) is 5.92. The van der Waals surface area contributed by atoms with Crippen molar-refractivity contribution >= 4 is 121 Å². The summed E-state index contributed by atoms with van der Waals surface area (Å²) < 4.78 is 13.5. The van der Waals surface area contributed by atoms with Crippen LogP contribution in [-0.2, 0) is 5.41 Å². The predicted octanol–water partition coefficient (Wildman–Crippen LogP) is 19.3. The van der Waals surface area contributed by atoms with Crippen molar-refractivity contribution in [3.63, 3.8) is 0 Å². The summed E-state index contributed by atoms with van der Waals surface area (Å²) in [5.74, 6) is 0. The highest BCUT2D eigenvalue weighted by atomic mass is 16.3. The Morgan fingerprint density at radius 2 is 0.775 bits per heavy atom. The maximum atomic E-state index is 6.75. The molecule has 14 aromatic rings. The van der Waals surface area contributed by atoms with Crippen LogP contribution in [-0.4, -0.2) is 0 Å². The van der Waals surface area contributed by atoms with E-state index in [9.17, 15) is 0 Å². The number of anilines is 6. The second kappa shape index (κ2) is 14.9. The summed E-state index contributed by atoms with van der Waals surface area (Å²) in [7, 11) is 0. The van der Waals surface area contributed by atoms with E-state index in [1.807, 2.05) is 12.1 Å². The molecule has 2 aromatic heterocycles. The molecule has 0 bridgehead atoms. The molecule has 0 atom stereocenters. The van der Waals surface area contributed by atoms with Crippen LogP contribution in [0.15, 0.2) is 239 Å². The molecule has 0 saturated carbocycles. The monoisotopic (exact) mass is 908 g/mol. The molecule has 0 unspecified atom stereocenters. The molecule has 1 aliphatic carbocycles. The topological polar surface area (TPSA) is 32.8 Å². The molecule has 0 saturated heterocycles. The molecule has 0 spiro atoms. The number of hydrogen-bond acceptors (Lipinski definition) is 4. The molecule has 4 nitrogen and oxygen atoms in total. The first-order valence-corrected chi connectivity index (χ1v) is 24.5. The van der Waals surface area contributed by atoms with E-state index in [4.69, 9.17) is 8.83 Å². The first-order chi connectivity index (χ1) is 34.9. The van der Waals surface area contributed by atoms with E-state index in [1.165, 1.54) is 65.3 Å². The number of hydrogen-bond donors (Lipinski definition) is 0. The Kier molecular flexibility index (Phi) is 8.38. The number of para-hydroxylation sites is 4. The van der Waals surface area contributed by atoms with Crippen molar-refractivity contribution < 1.29 is 8.83 Å². The summed E-state index contributed by atoms with van der Waals surface area (Å²) >= 11 is 0. The Balaban J connectivity index is 0.925. The zero-order valence-corrected chi connectivity index (χ0v) is 39.2. The summed E-state index contributed by atoms with van der Waals surface area (Å²) in [6.45, 7) is 4.79. The first kappa shape index (κ1) is 39.8. The van der Waals surface area contributed by atoms with Gasteiger partial charge in [-0.15, -0.1) is 0 Å². The van der Waals surface area contributed by atoms with E-state index >= 15 is 0 Å². The van der Waals surface area contributed by atoms with Crippen LogP contribution in [0.5, 0.6) is 0 Å². The molecule has 0 amide bonds. The van der Waals surface area contributed by atoms with E-state index in [0.717, 1.165) is 78.0 Å². The molecule has 1 aliphatic rings. The van der Waals surface area contributed by atoms with Gasteiger partial charge in [0.1, 0.15) is 11.2 Å². The molecule has 12 aromatic carbocycles. The van der Waals surface area contributed by atoms with Crippen molar-refractivity contribution in [2.45, 2.75) is 19.3 Å². The van der Waals surface area contributed by atoms with Gasteiger partial charge in [-0.1, -0.05) is 166 Å². The lowest BCUT2D eigenvalue weighted by Crippen LogP contribution is -2.24. The van der Waals surface area contributed by atoms with Crippen molar-refractivity contribution in [3.05, 3.63) is 242 Å². The minimum absolute atomic E-state index is 0.336. The molecular weight excluding hydrogens is 865 g/mol. The molecule has 71 heavy (non-hydrogen) atoms. The highest BCUT2D eigenvalue weighted by Gasteiger charge is 2.35. The van der Waals surface area contributed by atoms with Gasteiger partial charge in [-0.2, -0.15) is 0 Å². The molecule has 0 aliphatic heterocycles. The average Bonchev–Trinajstić information content (AvgIpc) is 4.00. The maximum Gasteiger partial charge on any atom is 0.159 e. The smallest absolute Gasteiger partial charge is 0.159 e. The third-order valence-corrected chi connectivity index (χ3v) is 15.3. The van der Waals surface area contributed by atoms with E-state index in [2.05, 4.69) is 242 Å². The maximum absolute atomic E-state index is 6.75. The fraction of sp³-hybridized carbons (Fsp3) is 0.0448. The van der Waals surface area contributed by atoms with Crippen molar-refractivity contribution in [2.75, 3.05) is 9.80 Å². The van der Waals surface area contributed by atoms with Crippen molar-refractivity contribution in [3.8, 4) is 11.1 Å². The van der Waals surface area contributed by atoms with E-state index < -0.39 is 0 Å². The van der Waals surface area contributed by atoms with Gasteiger partial charge >= 0.3 is 0 Å². The minimum atomic E-state index is -0.336. The van der Waals surface area contributed by atoms with Crippen molar-refractivity contribution in [1.29, 1.82) is 0 Å². The Morgan fingerprint density at radius 3 is 1.38 bits per heavy atom. The van der Waals surface area contributed by atoms with Crippen LogP contribution in [0.1, 0.15) is 25.0 Å². The molecule has 2 heterocycles. The summed E-state index contributed by atoms with van der Waals surface area (Å²) in [6, 6.07) is 83.8. The zero-order valence-electron chi connectivity index (χ0n) is 39.2. The van der Waals surface area contributed by atoms with E-state index in [-0.39, 0.29) is 5.41 Å². The molecule has 0 N–H and O–H groups in total. The molecule has 334 valence electrons. The third-order valence-electron chi connectivity index (χ3n) is 15.3. The van der Waals surface area contributed by atoms with Gasteiger partial charge < -0.3 is 18.6 Å². The van der Waals surface area contributed by atoms with Crippen LogP contribution in [0.4, 0.5) is 34.1 Å². The fourth-order valence-electron chi connectivity index (χ4n) is 11.9. The van der Waals surface area contributed by atoms with E-state index in [1.54, 1.807) is 0 Å². The second-order valence-corrected chi connectivity index (χ2v) is 19.7. The van der Waals surface area contributed by atoms with Gasteiger partial charge in [0, 0.05) is 49.7 Å². The lowest BCUT2D eigenvalue weighted by Gasteiger charge is -2.37. The Bertz CT molecular complexity index is 4540. The number of rotatable bonds is 6. The van der Waals surface area contributed by atoms with Crippen molar-refractivity contribution in [2.24, 2.45) is 0 Å². The number of benzene rings is 12. The van der Waals surface area contributed by atoms with Gasteiger partial charge in [-0.3, -0.25) is 0 Å². The van der Waals surface area contributed by atoms with Crippen LogP contribution < -0.4 is 9.80 Å². The lowest BCUT2D eigenvalue weighted by atomic mass is 9.68. The Morgan fingerprint density at radius 1 is 0.310 bits per heavy atom. The molecule has 0 fully saturated rings. The summed E-state index contributed by atoms with van der Waals surface area (Å²) in [4.78, 5) is 4.76. The highest BCUT2D eigenvalue weighted by molar-refractivity contribution is 6.18. The predicted molar refractivity (Wildman–Crippen MR) is 298 cm³/mol. The van der Waals surface area contributed by atoms with Gasteiger partial charge in [0.05, 0.1) is 11.4 Å². The SMILES string of the molecule is CC1(C)c2cc(N(c3ccc4ccccc4c3)c3cccc4c3oc3ccccc34)ccc2-c2cc3ccc(N(c4ccc5ccccc5c4)c4cccc5c4oc4ccccc45)cc3c3cccc1c23. The van der Waals surface area contributed by atoms with Gasteiger partial charge in [0.2, 0.25) is 0 Å². The molecular formula is C67H44N2O2. The molecule has 4 heteroatoms. The van der Waals surface area contributed by atoms with Crippen LogP contribution in [0.25, 0.3) is 98.1 Å². The highest BCUT2D eigenvalue weighted by Crippen LogP contribution is 2.53. The average molecular weight is 909 g/mol. The van der Waals surface area contributed by atoms with Crippen LogP contribution in [0, 0.1) is 0 Å². The van der Waals surface area contributed by atoms with E-state index in [0.29, 0.717) is 0 Å². The standard InChI is InChI=1S/C67H44N2O2/c1-67(2)58-23-11-20-53-56-39-48(68(46-31-28-41-14-3-5-16-43(41)36-46)60-24-12-21-54-51-18-7-9-26-62(51)70-65(54)60)33-30-45(56)38-57(64(53)58)50-35-34-49(40-59(50)67)69(47-32-29-42-15-4-6-17-44(42)37-47)61-25-13-22-55-52-19-8-10-27-63(52)71-66(55)61/h3-40H,1-2H3. The number of fused-ring (bicyclic) bond motifs is 12. The van der Waals surface area contributed by atoms with Gasteiger partial charge in [-0.05, 0) is 144 Å². The normalized spacial score (nSPS) is 13.0. The molecule has 0 radical (unpaired) electrons. The van der Waals surface area contributed by atoms with Crippen LogP contribution in [0.3, 0.4) is 0 Å². The number of nitrogens with zero attached hydrogens (tertiary/aromatic N) is 2. The Hall–Kier alpha value is -9.12. The molecule has 15 rings (SSSR count). The summed E-state index contributed by atoms with van der Waals surface area (Å²) in [5, 5.41) is 14.2. The second-order valence-electron chi connectivity index (χ2n) is 19.7.